The van der Waals surface area contributed by atoms with E-state index in [9.17, 15) is 9.90 Å². The van der Waals surface area contributed by atoms with Crippen LogP contribution in [-0.4, -0.2) is 43.2 Å². The van der Waals surface area contributed by atoms with Gasteiger partial charge in [0.05, 0.1) is 25.2 Å². The van der Waals surface area contributed by atoms with E-state index in [0.717, 1.165) is 30.4 Å². The van der Waals surface area contributed by atoms with Crippen molar-refractivity contribution in [3.8, 4) is 0 Å². The Morgan fingerprint density at radius 2 is 2.04 bits per heavy atom. The van der Waals surface area contributed by atoms with Gasteiger partial charge >= 0.3 is 0 Å². The average molecular weight is 384 g/mol. The summed E-state index contributed by atoms with van der Waals surface area (Å²) in [6.45, 7) is 7.42. The van der Waals surface area contributed by atoms with Crippen LogP contribution in [-0.2, 0) is 16.1 Å². The maximum atomic E-state index is 12.7. The van der Waals surface area contributed by atoms with E-state index >= 15 is 0 Å². The molecule has 0 bridgehead atoms. The smallest absolute Gasteiger partial charge is 0.222 e. The Hall–Kier alpha value is -1.91. The number of carbonyl (C=O) groups excluding carboxylic acids is 1. The van der Waals surface area contributed by atoms with Gasteiger partial charge in [-0.15, -0.1) is 0 Å². The van der Waals surface area contributed by atoms with Crippen LogP contribution in [0.25, 0.3) is 0 Å². The summed E-state index contributed by atoms with van der Waals surface area (Å²) >= 11 is 0. The van der Waals surface area contributed by atoms with Crippen molar-refractivity contribution in [1.29, 1.82) is 0 Å². The zero-order valence-electron chi connectivity index (χ0n) is 17.4. The lowest BCUT2D eigenvalue weighted by Crippen LogP contribution is -2.48. The number of hydrogen-bond donors (Lipinski definition) is 1. The fourth-order valence-electron chi connectivity index (χ4n) is 4.97. The maximum Gasteiger partial charge on any atom is 0.222 e. The van der Waals surface area contributed by atoms with Crippen molar-refractivity contribution in [3.63, 3.8) is 0 Å². The third-order valence-corrected chi connectivity index (χ3v) is 6.92. The molecule has 28 heavy (non-hydrogen) atoms. The van der Waals surface area contributed by atoms with Gasteiger partial charge in [-0.05, 0) is 30.7 Å². The molecule has 1 amide bonds. The van der Waals surface area contributed by atoms with Crippen molar-refractivity contribution in [2.45, 2.75) is 39.2 Å². The van der Waals surface area contributed by atoms with Crippen LogP contribution in [0.4, 0.5) is 0 Å². The molecule has 3 rings (SSSR count). The van der Waals surface area contributed by atoms with Gasteiger partial charge in [0.2, 0.25) is 5.91 Å². The van der Waals surface area contributed by atoms with Gasteiger partial charge in [-0.1, -0.05) is 61.1 Å². The third kappa shape index (κ3) is 3.56. The van der Waals surface area contributed by atoms with E-state index in [1.807, 2.05) is 44.4 Å². The Morgan fingerprint density at radius 3 is 2.68 bits per heavy atom. The normalized spacial score (nSPS) is 29.4. The summed E-state index contributed by atoms with van der Waals surface area (Å²) in [4.78, 5) is 14.3. The first-order valence-electron chi connectivity index (χ1n) is 10.2. The highest BCUT2D eigenvalue weighted by molar-refractivity contribution is 5.77. The van der Waals surface area contributed by atoms with Gasteiger partial charge in [-0.25, -0.2) is 0 Å². The molecular weight excluding hydrogens is 350 g/mol. The molecule has 152 valence electrons. The minimum absolute atomic E-state index is 0.0307. The first kappa shape index (κ1) is 20.8. The first-order chi connectivity index (χ1) is 13.4. The minimum Gasteiger partial charge on any atom is -0.395 e. The van der Waals surface area contributed by atoms with Gasteiger partial charge in [0, 0.05) is 25.9 Å². The zero-order valence-corrected chi connectivity index (χ0v) is 17.4. The number of nitrogens with zero attached hydrogens (tertiary/aromatic N) is 1. The van der Waals surface area contributed by atoms with E-state index in [0.29, 0.717) is 25.6 Å². The molecule has 0 radical (unpaired) electrons. The van der Waals surface area contributed by atoms with Crippen molar-refractivity contribution in [2.75, 3.05) is 27.3 Å². The van der Waals surface area contributed by atoms with Crippen molar-refractivity contribution >= 4 is 5.91 Å². The van der Waals surface area contributed by atoms with Crippen LogP contribution in [0.1, 0.15) is 38.2 Å². The van der Waals surface area contributed by atoms with Crippen LogP contribution in [0.2, 0.25) is 0 Å². The molecule has 1 fully saturated rings. The van der Waals surface area contributed by atoms with Crippen molar-refractivity contribution in [3.05, 3.63) is 59.7 Å². The van der Waals surface area contributed by atoms with Crippen molar-refractivity contribution in [1.82, 2.24) is 4.90 Å². The number of fused-ring (bicyclic) bond motifs is 1. The Kier molecular flexibility index (Phi) is 6.11. The van der Waals surface area contributed by atoms with E-state index in [1.54, 1.807) is 4.90 Å². The molecule has 1 N–H and O–H groups in total. The Bertz CT molecular complexity index is 754. The number of aliphatic hydroxyl groups is 1. The van der Waals surface area contributed by atoms with E-state index in [1.165, 1.54) is 5.57 Å². The standard InChI is InChI=1S/C24H33NO3/c1-18-10-11-21-23(18,14-22(27)25(3)4)13-12-19(2)24(21,16-26)17-28-15-20-8-6-5-7-9-20/h5-9,11,18,26H,2,10,12-17H2,1,3-4H3/t18-,23-,24+/m1/s1. The molecule has 0 saturated heterocycles. The van der Waals surface area contributed by atoms with Crippen LogP contribution in [0.3, 0.4) is 0 Å². The number of rotatable bonds is 7. The van der Waals surface area contributed by atoms with Gasteiger partial charge in [0.1, 0.15) is 0 Å². The molecule has 2 aliphatic rings. The summed E-state index contributed by atoms with van der Waals surface area (Å²) in [5.41, 5.74) is 2.51. The molecular formula is C24H33NO3. The number of amides is 1. The fraction of sp³-hybridized carbons (Fsp3) is 0.542. The predicted molar refractivity (Wildman–Crippen MR) is 112 cm³/mol. The molecule has 1 aromatic carbocycles. The molecule has 0 unspecified atom stereocenters. The van der Waals surface area contributed by atoms with E-state index in [4.69, 9.17) is 4.74 Å². The molecule has 1 aromatic rings. The van der Waals surface area contributed by atoms with E-state index in [2.05, 4.69) is 19.6 Å². The zero-order chi connectivity index (χ0) is 20.4. The van der Waals surface area contributed by atoms with Gasteiger partial charge in [0.15, 0.2) is 0 Å². The maximum absolute atomic E-state index is 12.7. The summed E-state index contributed by atoms with van der Waals surface area (Å²) in [5, 5.41) is 10.5. The van der Waals surface area contributed by atoms with E-state index in [-0.39, 0.29) is 17.9 Å². The second-order valence-electron chi connectivity index (χ2n) is 8.70. The number of hydrogen-bond acceptors (Lipinski definition) is 3. The average Bonchev–Trinajstić information content (AvgIpc) is 3.01. The Balaban J connectivity index is 1.86. The molecule has 3 atom stereocenters. The third-order valence-electron chi connectivity index (χ3n) is 6.92. The SMILES string of the molecule is C=C1CC[C@]2(CC(=O)N(C)C)C(=CC[C@H]2C)[C@@]1(CO)COCc1ccccc1. The topological polar surface area (TPSA) is 49.8 Å². The highest BCUT2D eigenvalue weighted by Gasteiger charge is 2.56. The largest absolute Gasteiger partial charge is 0.395 e. The molecule has 0 aliphatic heterocycles. The summed E-state index contributed by atoms with van der Waals surface area (Å²) in [7, 11) is 3.62. The molecule has 2 aliphatic carbocycles. The number of allylic oxidation sites excluding steroid dienone is 1. The van der Waals surface area contributed by atoms with Crippen LogP contribution < -0.4 is 0 Å². The molecule has 4 heteroatoms. The number of carbonyl (C=O) groups is 1. The minimum atomic E-state index is -0.593. The Morgan fingerprint density at radius 1 is 1.32 bits per heavy atom. The summed E-state index contributed by atoms with van der Waals surface area (Å²) in [6.07, 6.45) is 5.40. The number of benzene rings is 1. The predicted octanol–water partition coefficient (Wildman–Crippen LogP) is 3.96. The molecule has 0 spiro atoms. The number of aliphatic hydroxyl groups excluding tert-OH is 1. The quantitative estimate of drug-likeness (QED) is 0.725. The summed E-state index contributed by atoms with van der Waals surface area (Å²) in [5.74, 6) is 0.517. The van der Waals surface area contributed by atoms with Gasteiger partial charge in [-0.2, -0.15) is 0 Å². The highest BCUT2D eigenvalue weighted by Crippen LogP contribution is 2.62. The highest BCUT2D eigenvalue weighted by atomic mass is 16.5. The fourth-order valence-corrected chi connectivity index (χ4v) is 4.97. The monoisotopic (exact) mass is 383 g/mol. The van der Waals surface area contributed by atoms with E-state index < -0.39 is 5.41 Å². The number of ether oxygens (including phenoxy) is 1. The molecule has 0 aromatic heterocycles. The van der Waals surface area contributed by atoms with Crippen molar-refractivity contribution in [2.24, 2.45) is 16.7 Å². The summed E-state index contributed by atoms with van der Waals surface area (Å²) in [6, 6.07) is 10.1. The first-order valence-corrected chi connectivity index (χ1v) is 10.2. The lowest BCUT2D eigenvalue weighted by atomic mass is 9.54. The lowest BCUT2D eigenvalue weighted by molar-refractivity contribution is -0.132. The van der Waals surface area contributed by atoms with Crippen LogP contribution in [0, 0.1) is 16.7 Å². The second-order valence-corrected chi connectivity index (χ2v) is 8.70. The Labute approximate surface area is 168 Å². The molecule has 4 nitrogen and oxygen atoms in total. The lowest BCUT2D eigenvalue weighted by Gasteiger charge is -2.51. The molecule has 0 heterocycles. The van der Waals surface area contributed by atoms with Gasteiger partial charge in [-0.3, -0.25) is 4.79 Å². The van der Waals surface area contributed by atoms with Gasteiger partial charge in [0.25, 0.3) is 0 Å². The van der Waals surface area contributed by atoms with Crippen molar-refractivity contribution < 1.29 is 14.6 Å². The molecule has 1 saturated carbocycles. The van der Waals surface area contributed by atoms with Crippen LogP contribution >= 0.6 is 0 Å². The second kappa shape index (κ2) is 8.22. The summed E-state index contributed by atoms with van der Waals surface area (Å²) < 4.78 is 6.11. The van der Waals surface area contributed by atoms with Crippen LogP contribution in [0.5, 0.6) is 0 Å². The van der Waals surface area contributed by atoms with Gasteiger partial charge < -0.3 is 14.7 Å². The van der Waals surface area contributed by atoms with Crippen LogP contribution in [0.15, 0.2) is 54.1 Å².